The molecule has 0 unspecified atom stereocenters. The van der Waals surface area contributed by atoms with Crippen molar-refractivity contribution in [2.24, 2.45) is 0 Å². The largest absolute Gasteiger partial charge is 0.392 e. The Kier molecular flexibility index (Phi) is 3.37. The third-order valence-corrected chi connectivity index (χ3v) is 2.80. The van der Waals surface area contributed by atoms with Gasteiger partial charge in [-0.25, -0.2) is 0 Å². The van der Waals surface area contributed by atoms with E-state index >= 15 is 0 Å². The third kappa shape index (κ3) is 2.31. The summed E-state index contributed by atoms with van der Waals surface area (Å²) in [4.78, 5) is 0. The molecule has 0 saturated carbocycles. The second-order valence-electron chi connectivity index (χ2n) is 4.04. The standard InChI is InChI=1S/C15H16O/c1-12(16)15(13-8-4-2-5-9-13)14-10-6-3-7-11-14/h2-12,15-16H,1H3/t12-/m1/s1. The van der Waals surface area contributed by atoms with Crippen molar-refractivity contribution in [3.05, 3.63) is 71.8 Å². The summed E-state index contributed by atoms with van der Waals surface area (Å²) < 4.78 is 0. The number of benzene rings is 2. The molecule has 0 fully saturated rings. The van der Waals surface area contributed by atoms with E-state index in [1.54, 1.807) is 0 Å². The Morgan fingerprint density at radius 3 is 1.44 bits per heavy atom. The van der Waals surface area contributed by atoms with E-state index in [-0.39, 0.29) is 12.0 Å². The Bertz CT molecular complexity index is 380. The molecule has 0 aliphatic carbocycles. The molecule has 0 amide bonds. The maximum Gasteiger partial charge on any atom is 0.0621 e. The first kappa shape index (κ1) is 10.9. The minimum absolute atomic E-state index is 0.0578. The zero-order valence-electron chi connectivity index (χ0n) is 9.38. The Balaban J connectivity index is 2.40. The van der Waals surface area contributed by atoms with Crippen LogP contribution in [0.5, 0.6) is 0 Å². The van der Waals surface area contributed by atoms with Gasteiger partial charge < -0.3 is 5.11 Å². The number of aliphatic hydroxyl groups is 1. The number of aliphatic hydroxyl groups excluding tert-OH is 1. The van der Waals surface area contributed by atoms with Crippen LogP contribution < -0.4 is 0 Å². The lowest BCUT2D eigenvalue weighted by Gasteiger charge is -2.20. The molecule has 0 radical (unpaired) electrons. The topological polar surface area (TPSA) is 20.2 Å². The summed E-state index contributed by atoms with van der Waals surface area (Å²) in [5, 5.41) is 9.92. The van der Waals surface area contributed by atoms with Gasteiger partial charge in [-0.15, -0.1) is 0 Å². The van der Waals surface area contributed by atoms with E-state index in [0.29, 0.717) is 0 Å². The second kappa shape index (κ2) is 4.95. The maximum atomic E-state index is 9.92. The number of hydrogen-bond donors (Lipinski definition) is 1. The fourth-order valence-electron chi connectivity index (χ4n) is 2.07. The molecule has 1 heteroatoms. The van der Waals surface area contributed by atoms with Gasteiger partial charge in [0.1, 0.15) is 0 Å². The summed E-state index contributed by atoms with van der Waals surface area (Å²) in [5.74, 6) is 0.0578. The van der Waals surface area contributed by atoms with Crippen LogP contribution in [0.25, 0.3) is 0 Å². The normalized spacial score (nSPS) is 12.7. The van der Waals surface area contributed by atoms with Crippen LogP contribution >= 0.6 is 0 Å². The molecular formula is C15H16O. The van der Waals surface area contributed by atoms with Gasteiger partial charge in [-0.3, -0.25) is 0 Å². The number of hydrogen-bond acceptors (Lipinski definition) is 1. The van der Waals surface area contributed by atoms with E-state index in [1.807, 2.05) is 43.3 Å². The van der Waals surface area contributed by atoms with Gasteiger partial charge in [0.05, 0.1) is 6.10 Å². The van der Waals surface area contributed by atoms with E-state index in [0.717, 1.165) is 11.1 Å². The summed E-state index contributed by atoms with van der Waals surface area (Å²) in [7, 11) is 0. The Labute approximate surface area is 96.4 Å². The monoisotopic (exact) mass is 212 g/mol. The lowest BCUT2D eigenvalue weighted by Crippen LogP contribution is -2.15. The molecule has 2 aromatic rings. The fraction of sp³-hybridized carbons (Fsp3) is 0.200. The van der Waals surface area contributed by atoms with E-state index < -0.39 is 0 Å². The average molecular weight is 212 g/mol. The van der Waals surface area contributed by atoms with Crippen LogP contribution in [0, 0.1) is 0 Å². The molecular weight excluding hydrogens is 196 g/mol. The predicted molar refractivity (Wildman–Crippen MR) is 66.4 cm³/mol. The lowest BCUT2D eigenvalue weighted by atomic mass is 9.87. The van der Waals surface area contributed by atoms with Crippen LogP contribution in [0.3, 0.4) is 0 Å². The molecule has 0 heterocycles. The van der Waals surface area contributed by atoms with Crippen LogP contribution in [0.1, 0.15) is 24.0 Å². The van der Waals surface area contributed by atoms with Crippen LogP contribution in [0.15, 0.2) is 60.7 Å². The minimum atomic E-state index is -0.384. The van der Waals surface area contributed by atoms with E-state index in [4.69, 9.17) is 0 Å². The molecule has 0 spiro atoms. The molecule has 16 heavy (non-hydrogen) atoms. The molecule has 1 nitrogen and oxygen atoms in total. The first-order chi connectivity index (χ1) is 7.79. The van der Waals surface area contributed by atoms with Crippen molar-refractivity contribution < 1.29 is 5.11 Å². The quantitative estimate of drug-likeness (QED) is 0.828. The maximum absolute atomic E-state index is 9.92. The second-order valence-corrected chi connectivity index (χ2v) is 4.04. The molecule has 2 aromatic carbocycles. The first-order valence-electron chi connectivity index (χ1n) is 5.57. The molecule has 1 N–H and O–H groups in total. The van der Waals surface area contributed by atoms with Crippen molar-refractivity contribution in [2.75, 3.05) is 0 Å². The SMILES string of the molecule is C[C@@H](O)C(c1ccccc1)c1ccccc1. The molecule has 0 aromatic heterocycles. The van der Waals surface area contributed by atoms with Crippen molar-refractivity contribution in [3.63, 3.8) is 0 Å². The molecule has 0 saturated heterocycles. The first-order valence-corrected chi connectivity index (χ1v) is 5.57. The fourth-order valence-corrected chi connectivity index (χ4v) is 2.07. The molecule has 1 atom stereocenters. The van der Waals surface area contributed by atoms with Gasteiger partial charge in [0, 0.05) is 5.92 Å². The van der Waals surface area contributed by atoms with Gasteiger partial charge in [0.25, 0.3) is 0 Å². The van der Waals surface area contributed by atoms with Crippen molar-refractivity contribution in [1.29, 1.82) is 0 Å². The van der Waals surface area contributed by atoms with Gasteiger partial charge in [-0.1, -0.05) is 60.7 Å². The Hall–Kier alpha value is -1.60. The summed E-state index contributed by atoms with van der Waals surface area (Å²) in [6.45, 7) is 1.84. The summed E-state index contributed by atoms with van der Waals surface area (Å²) >= 11 is 0. The van der Waals surface area contributed by atoms with Crippen molar-refractivity contribution in [1.82, 2.24) is 0 Å². The van der Waals surface area contributed by atoms with Gasteiger partial charge in [0.2, 0.25) is 0 Å². The zero-order valence-corrected chi connectivity index (χ0v) is 9.38. The third-order valence-electron chi connectivity index (χ3n) is 2.80. The van der Waals surface area contributed by atoms with Crippen molar-refractivity contribution in [2.45, 2.75) is 18.9 Å². The predicted octanol–water partition coefficient (Wildman–Crippen LogP) is 3.20. The van der Waals surface area contributed by atoms with Gasteiger partial charge in [-0.2, -0.15) is 0 Å². The Morgan fingerprint density at radius 2 is 1.12 bits per heavy atom. The zero-order chi connectivity index (χ0) is 11.4. The summed E-state index contributed by atoms with van der Waals surface area (Å²) in [5.41, 5.74) is 2.31. The molecule has 0 aliphatic rings. The van der Waals surface area contributed by atoms with E-state index in [2.05, 4.69) is 24.3 Å². The highest BCUT2D eigenvalue weighted by Gasteiger charge is 2.18. The summed E-state index contributed by atoms with van der Waals surface area (Å²) in [6, 6.07) is 20.3. The van der Waals surface area contributed by atoms with Gasteiger partial charge in [-0.05, 0) is 18.1 Å². The van der Waals surface area contributed by atoms with E-state index in [9.17, 15) is 5.11 Å². The summed E-state index contributed by atoms with van der Waals surface area (Å²) in [6.07, 6.45) is -0.384. The van der Waals surface area contributed by atoms with Crippen LogP contribution in [0.2, 0.25) is 0 Å². The average Bonchev–Trinajstić information content (AvgIpc) is 2.31. The van der Waals surface area contributed by atoms with E-state index in [1.165, 1.54) is 0 Å². The molecule has 0 bridgehead atoms. The molecule has 82 valence electrons. The van der Waals surface area contributed by atoms with Crippen LogP contribution in [-0.4, -0.2) is 11.2 Å². The van der Waals surface area contributed by atoms with Gasteiger partial charge >= 0.3 is 0 Å². The van der Waals surface area contributed by atoms with Crippen molar-refractivity contribution >= 4 is 0 Å². The highest BCUT2D eigenvalue weighted by atomic mass is 16.3. The highest BCUT2D eigenvalue weighted by Crippen LogP contribution is 2.27. The van der Waals surface area contributed by atoms with Crippen LogP contribution in [-0.2, 0) is 0 Å². The lowest BCUT2D eigenvalue weighted by molar-refractivity contribution is 0.176. The molecule has 0 aliphatic heterocycles. The van der Waals surface area contributed by atoms with Crippen molar-refractivity contribution in [3.8, 4) is 0 Å². The smallest absolute Gasteiger partial charge is 0.0621 e. The van der Waals surface area contributed by atoms with Gasteiger partial charge in [0.15, 0.2) is 0 Å². The highest BCUT2D eigenvalue weighted by molar-refractivity contribution is 5.33. The van der Waals surface area contributed by atoms with Crippen LogP contribution in [0.4, 0.5) is 0 Å². The molecule has 2 rings (SSSR count). The number of rotatable bonds is 3. The Morgan fingerprint density at radius 1 is 0.750 bits per heavy atom. The minimum Gasteiger partial charge on any atom is -0.392 e.